The number of carbonyl (C=O) groups excluding carboxylic acids is 1. The third-order valence-electron chi connectivity index (χ3n) is 6.03. The number of halogens is 1. The molecule has 2 N–H and O–H groups in total. The Bertz CT molecular complexity index is 770. The summed E-state index contributed by atoms with van der Waals surface area (Å²) in [6, 6.07) is 5.80. The van der Waals surface area contributed by atoms with Crippen LogP contribution < -0.4 is 24.8 Å². The van der Waals surface area contributed by atoms with Crippen molar-refractivity contribution in [2.45, 2.75) is 44.6 Å². The predicted octanol–water partition coefficient (Wildman–Crippen LogP) is 2.76. The van der Waals surface area contributed by atoms with E-state index in [-0.39, 0.29) is 42.7 Å². The molecule has 4 rings (SSSR count). The summed E-state index contributed by atoms with van der Waals surface area (Å²) in [5, 5.41) is 6.72. The van der Waals surface area contributed by atoms with E-state index in [0.29, 0.717) is 24.8 Å². The van der Waals surface area contributed by atoms with Crippen LogP contribution in [-0.2, 0) is 4.79 Å². The molecule has 1 aromatic rings. The first kappa shape index (κ1) is 23.7. The van der Waals surface area contributed by atoms with Gasteiger partial charge in [-0.1, -0.05) is 19.3 Å². The average Bonchev–Trinajstić information content (AvgIpc) is 3.45. The molecule has 2 heterocycles. The van der Waals surface area contributed by atoms with E-state index in [2.05, 4.69) is 15.6 Å². The summed E-state index contributed by atoms with van der Waals surface area (Å²) in [4.78, 5) is 19.1. The van der Waals surface area contributed by atoms with Crippen molar-refractivity contribution < 1.29 is 19.0 Å². The number of ether oxygens (including phenoxy) is 3. The number of rotatable bonds is 6. The molecule has 1 unspecified atom stereocenters. The standard InChI is InChI=1S/C22H32N4O4.HI/c1-23-22(24-10-12-28-18-7-8-19-20(13-18)30-15-29-19)25-17-9-11-26(14-17)21(27)16-5-3-2-4-6-16;/h7-8,13,16-17H,2-6,9-12,14-15H2,1H3,(H2,23,24,25);1H. The van der Waals surface area contributed by atoms with Gasteiger partial charge >= 0.3 is 0 Å². The zero-order chi connectivity index (χ0) is 20.8. The largest absolute Gasteiger partial charge is 0.492 e. The Kier molecular flexibility index (Phi) is 8.91. The zero-order valence-electron chi connectivity index (χ0n) is 18.1. The summed E-state index contributed by atoms with van der Waals surface area (Å²) in [7, 11) is 1.76. The Balaban J connectivity index is 0.00000272. The minimum Gasteiger partial charge on any atom is -0.492 e. The van der Waals surface area contributed by atoms with E-state index in [1.807, 2.05) is 23.1 Å². The Morgan fingerprint density at radius 1 is 1.19 bits per heavy atom. The number of likely N-dealkylation sites (tertiary alicyclic amines) is 1. The quantitative estimate of drug-likeness (QED) is 0.248. The molecule has 3 aliphatic rings. The van der Waals surface area contributed by atoms with Crippen LogP contribution in [0.4, 0.5) is 0 Å². The predicted molar refractivity (Wildman–Crippen MR) is 130 cm³/mol. The second-order valence-corrected chi connectivity index (χ2v) is 8.11. The van der Waals surface area contributed by atoms with Gasteiger partial charge < -0.3 is 29.7 Å². The van der Waals surface area contributed by atoms with Crippen molar-refractivity contribution >= 4 is 35.8 Å². The maximum atomic E-state index is 12.7. The molecule has 172 valence electrons. The highest BCUT2D eigenvalue weighted by Crippen LogP contribution is 2.35. The maximum Gasteiger partial charge on any atom is 0.231 e. The lowest BCUT2D eigenvalue weighted by molar-refractivity contribution is -0.135. The minimum atomic E-state index is 0. The summed E-state index contributed by atoms with van der Waals surface area (Å²) in [6.07, 6.45) is 6.72. The van der Waals surface area contributed by atoms with Crippen LogP contribution in [0.2, 0.25) is 0 Å². The van der Waals surface area contributed by atoms with Crippen LogP contribution >= 0.6 is 24.0 Å². The van der Waals surface area contributed by atoms with E-state index in [4.69, 9.17) is 14.2 Å². The zero-order valence-corrected chi connectivity index (χ0v) is 20.4. The van der Waals surface area contributed by atoms with Gasteiger partial charge in [-0.15, -0.1) is 24.0 Å². The molecule has 1 atom stereocenters. The van der Waals surface area contributed by atoms with Crippen molar-refractivity contribution in [3.05, 3.63) is 18.2 Å². The summed E-state index contributed by atoms with van der Waals surface area (Å²) < 4.78 is 16.4. The molecule has 2 aliphatic heterocycles. The molecule has 1 aliphatic carbocycles. The Morgan fingerprint density at radius 2 is 2.00 bits per heavy atom. The first-order valence-electron chi connectivity index (χ1n) is 11.0. The number of guanidine groups is 1. The van der Waals surface area contributed by atoms with Crippen LogP contribution in [0.25, 0.3) is 0 Å². The van der Waals surface area contributed by atoms with Gasteiger partial charge in [0.15, 0.2) is 17.5 Å². The van der Waals surface area contributed by atoms with E-state index in [0.717, 1.165) is 49.8 Å². The normalized spacial score (nSPS) is 20.9. The number of benzene rings is 1. The van der Waals surface area contributed by atoms with Gasteiger partial charge in [0.05, 0.1) is 6.54 Å². The molecule has 0 spiro atoms. The summed E-state index contributed by atoms with van der Waals surface area (Å²) in [6.45, 7) is 2.96. The molecule has 0 bridgehead atoms. The Labute approximate surface area is 201 Å². The van der Waals surface area contributed by atoms with E-state index in [9.17, 15) is 4.79 Å². The Morgan fingerprint density at radius 3 is 2.81 bits per heavy atom. The minimum absolute atomic E-state index is 0. The van der Waals surface area contributed by atoms with Crippen LogP contribution in [-0.4, -0.2) is 62.9 Å². The number of fused-ring (bicyclic) bond motifs is 1. The van der Waals surface area contributed by atoms with Gasteiger partial charge in [0, 0.05) is 38.2 Å². The third kappa shape index (κ3) is 6.30. The number of nitrogens with zero attached hydrogens (tertiary/aromatic N) is 2. The number of hydrogen-bond donors (Lipinski definition) is 2. The van der Waals surface area contributed by atoms with Crippen molar-refractivity contribution in [3.63, 3.8) is 0 Å². The van der Waals surface area contributed by atoms with Gasteiger partial charge in [-0.05, 0) is 31.4 Å². The first-order valence-corrected chi connectivity index (χ1v) is 11.0. The lowest BCUT2D eigenvalue weighted by atomic mass is 9.88. The highest BCUT2D eigenvalue weighted by molar-refractivity contribution is 14.0. The maximum absolute atomic E-state index is 12.7. The van der Waals surface area contributed by atoms with Crippen LogP contribution in [0, 0.1) is 5.92 Å². The molecule has 31 heavy (non-hydrogen) atoms. The van der Waals surface area contributed by atoms with Gasteiger partial charge in [0.25, 0.3) is 0 Å². The third-order valence-corrected chi connectivity index (χ3v) is 6.03. The molecular formula is C22H33IN4O4. The lowest BCUT2D eigenvalue weighted by Crippen LogP contribution is -2.46. The van der Waals surface area contributed by atoms with Gasteiger partial charge in [-0.25, -0.2) is 0 Å². The highest BCUT2D eigenvalue weighted by atomic mass is 127. The topological polar surface area (TPSA) is 84.4 Å². The van der Waals surface area contributed by atoms with Gasteiger partial charge in [0.2, 0.25) is 12.7 Å². The molecule has 1 saturated carbocycles. The van der Waals surface area contributed by atoms with Crippen LogP contribution in [0.5, 0.6) is 17.2 Å². The smallest absolute Gasteiger partial charge is 0.231 e. The monoisotopic (exact) mass is 544 g/mol. The van der Waals surface area contributed by atoms with Crippen LogP contribution in [0.1, 0.15) is 38.5 Å². The number of aliphatic imine (C=N–C) groups is 1. The highest BCUT2D eigenvalue weighted by Gasteiger charge is 2.31. The molecule has 0 aromatic heterocycles. The fourth-order valence-electron chi connectivity index (χ4n) is 4.38. The SMILES string of the molecule is CN=C(NCCOc1ccc2c(c1)OCO2)NC1CCN(C(=O)C2CCCCC2)C1.I. The van der Waals surface area contributed by atoms with E-state index in [1.54, 1.807) is 7.05 Å². The van der Waals surface area contributed by atoms with Gasteiger partial charge in [0.1, 0.15) is 12.4 Å². The number of amides is 1. The molecular weight excluding hydrogens is 511 g/mol. The van der Waals surface area contributed by atoms with Gasteiger partial charge in [-0.3, -0.25) is 9.79 Å². The van der Waals surface area contributed by atoms with Crippen molar-refractivity contribution in [1.29, 1.82) is 0 Å². The Hall–Kier alpha value is -1.91. The second-order valence-electron chi connectivity index (χ2n) is 8.11. The molecule has 0 radical (unpaired) electrons. The molecule has 1 amide bonds. The summed E-state index contributed by atoms with van der Waals surface area (Å²) >= 11 is 0. The second kappa shape index (κ2) is 11.6. The van der Waals surface area contributed by atoms with E-state index >= 15 is 0 Å². The number of nitrogens with one attached hydrogen (secondary N) is 2. The summed E-state index contributed by atoms with van der Waals surface area (Å²) in [5.74, 6) is 3.53. The molecule has 8 nitrogen and oxygen atoms in total. The van der Waals surface area contributed by atoms with Crippen molar-refractivity contribution in [2.75, 3.05) is 40.1 Å². The van der Waals surface area contributed by atoms with Crippen molar-refractivity contribution in [1.82, 2.24) is 15.5 Å². The molecule has 2 fully saturated rings. The first-order chi connectivity index (χ1) is 14.7. The van der Waals surface area contributed by atoms with Crippen LogP contribution in [0.15, 0.2) is 23.2 Å². The van der Waals surface area contributed by atoms with Gasteiger partial charge in [-0.2, -0.15) is 0 Å². The summed E-state index contributed by atoms with van der Waals surface area (Å²) in [5.41, 5.74) is 0. The fourth-order valence-corrected chi connectivity index (χ4v) is 4.38. The van der Waals surface area contributed by atoms with E-state index in [1.165, 1.54) is 19.3 Å². The lowest BCUT2D eigenvalue weighted by Gasteiger charge is -2.26. The molecule has 1 aromatic carbocycles. The average molecular weight is 544 g/mol. The molecule has 9 heteroatoms. The van der Waals surface area contributed by atoms with Crippen LogP contribution in [0.3, 0.4) is 0 Å². The van der Waals surface area contributed by atoms with Crippen molar-refractivity contribution in [3.8, 4) is 17.2 Å². The van der Waals surface area contributed by atoms with E-state index < -0.39 is 0 Å². The molecule has 1 saturated heterocycles. The number of carbonyl (C=O) groups is 1. The van der Waals surface area contributed by atoms with Crippen molar-refractivity contribution in [2.24, 2.45) is 10.9 Å². The number of hydrogen-bond acceptors (Lipinski definition) is 5. The fraction of sp³-hybridized carbons (Fsp3) is 0.636.